The number of hydrogen-bond donors (Lipinski definition) is 3. The summed E-state index contributed by atoms with van der Waals surface area (Å²) in [4.78, 5) is 11.4. The molecule has 5 heteroatoms. The highest BCUT2D eigenvalue weighted by atomic mass is 16.5. The molecule has 1 rings (SSSR count). The minimum atomic E-state index is -0.608. The van der Waals surface area contributed by atoms with E-state index < -0.39 is 12.2 Å². The topological polar surface area (TPSA) is 87.0 Å². The number of carbonyl (C=O) groups excluding carboxylic acids is 1. The standard InChI is InChI=1S/C22H38O5/c1-3-4-8-11-18(25)13-14-19-20(12-9-6-5-7-10-15-23)22(16-21(19)26)27-17(2)24/h13-14,18-19,21,23,25-26H,3-12,15-16H2,1-2H3/b14-13+/t18-,19-,21-/m1/s1. The molecule has 1 aliphatic carbocycles. The summed E-state index contributed by atoms with van der Waals surface area (Å²) >= 11 is 0. The summed E-state index contributed by atoms with van der Waals surface area (Å²) in [6.07, 6.45) is 12.6. The summed E-state index contributed by atoms with van der Waals surface area (Å²) in [6.45, 7) is 3.75. The van der Waals surface area contributed by atoms with Crippen LogP contribution in [-0.4, -0.2) is 40.1 Å². The van der Waals surface area contributed by atoms with E-state index in [2.05, 4.69) is 6.92 Å². The van der Waals surface area contributed by atoms with Gasteiger partial charge in [-0.1, -0.05) is 57.6 Å². The Morgan fingerprint density at radius 2 is 1.89 bits per heavy atom. The van der Waals surface area contributed by atoms with Crippen LogP contribution in [0.4, 0.5) is 0 Å². The predicted molar refractivity (Wildman–Crippen MR) is 107 cm³/mol. The Hall–Kier alpha value is -1.17. The van der Waals surface area contributed by atoms with E-state index in [1.54, 1.807) is 6.08 Å². The number of aliphatic hydroxyl groups excluding tert-OH is 3. The van der Waals surface area contributed by atoms with Gasteiger partial charge in [0.15, 0.2) is 0 Å². The van der Waals surface area contributed by atoms with Crippen molar-refractivity contribution in [3.63, 3.8) is 0 Å². The van der Waals surface area contributed by atoms with Gasteiger partial charge in [-0.25, -0.2) is 0 Å². The Balaban J connectivity index is 2.67. The number of carbonyl (C=O) groups is 1. The number of esters is 1. The zero-order valence-corrected chi connectivity index (χ0v) is 17.0. The summed E-state index contributed by atoms with van der Waals surface area (Å²) < 4.78 is 5.36. The van der Waals surface area contributed by atoms with Crippen LogP contribution < -0.4 is 0 Å². The molecule has 1 aliphatic rings. The molecular formula is C22H38O5. The molecular weight excluding hydrogens is 344 g/mol. The van der Waals surface area contributed by atoms with E-state index in [1.807, 2.05) is 6.08 Å². The molecule has 0 bridgehead atoms. The van der Waals surface area contributed by atoms with Crippen LogP contribution in [0.1, 0.15) is 84.5 Å². The second-order valence-electron chi connectivity index (χ2n) is 7.53. The zero-order chi connectivity index (χ0) is 20.1. The fraction of sp³-hybridized carbons (Fsp3) is 0.773. The molecule has 3 N–H and O–H groups in total. The van der Waals surface area contributed by atoms with Gasteiger partial charge in [-0.15, -0.1) is 0 Å². The third-order valence-electron chi connectivity index (χ3n) is 5.08. The van der Waals surface area contributed by atoms with E-state index >= 15 is 0 Å². The van der Waals surface area contributed by atoms with Crippen molar-refractivity contribution >= 4 is 5.97 Å². The lowest BCUT2D eigenvalue weighted by atomic mass is 9.93. The SMILES string of the molecule is CCCCC[C@@H](O)/C=C/[C@@H]1C(CCCCCCCO)=C(OC(C)=O)C[C@H]1O. The highest BCUT2D eigenvalue weighted by molar-refractivity contribution is 5.67. The first-order valence-corrected chi connectivity index (χ1v) is 10.5. The molecule has 0 unspecified atom stereocenters. The van der Waals surface area contributed by atoms with Gasteiger partial charge in [0, 0.05) is 25.9 Å². The smallest absolute Gasteiger partial charge is 0.307 e. The first kappa shape index (κ1) is 23.9. The minimum Gasteiger partial charge on any atom is -0.431 e. The van der Waals surface area contributed by atoms with Gasteiger partial charge >= 0.3 is 5.97 Å². The third kappa shape index (κ3) is 9.54. The molecule has 0 aliphatic heterocycles. The van der Waals surface area contributed by atoms with Gasteiger partial charge in [-0.2, -0.15) is 0 Å². The molecule has 0 aromatic rings. The fourth-order valence-electron chi connectivity index (χ4n) is 3.60. The maximum Gasteiger partial charge on any atom is 0.307 e. The van der Waals surface area contributed by atoms with Crippen molar-refractivity contribution in [1.82, 2.24) is 0 Å². The van der Waals surface area contributed by atoms with Crippen LogP contribution in [0.2, 0.25) is 0 Å². The van der Waals surface area contributed by atoms with Crippen LogP contribution in [0, 0.1) is 5.92 Å². The molecule has 3 atom stereocenters. The van der Waals surface area contributed by atoms with Gasteiger partial charge in [-0.05, 0) is 31.3 Å². The number of ether oxygens (including phenoxy) is 1. The van der Waals surface area contributed by atoms with Crippen LogP contribution in [-0.2, 0) is 9.53 Å². The molecule has 0 saturated heterocycles. The summed E-state index contributed by atoms with van der Waals surface area (Å²) in [6, 6.07) is 0. The van der Waals surface area contributed by atoms with Gasteiger partial charge in [0.25, 0.3) is 0 Å². The average molecular weight is 383 g/mol. The quantitative estimate of drug-likeness (QED) is 0.240. The number of hydrogen-bond acceptors (Lipinski definition) is 5. The van der Waals surface area contributed by atoms with Crippen molar-refractivity contribution < 1.29 is 24.9 Å². The molecule has 0 aromatic carbocycles. The number of aliphatic hydroxyl groups is 3. The lowest BCUT2D eigenvalue weighted by Crippen LogP contribution is -2.15. The van der Waals surface area contributed by atoms with E-state index in [4.69, 9.17) is 9.84 Å². The molecule has 0 aromatic heterocycles. The molecule has 0 radical (unpaired) electrons. The van der Waals surface area contributed by atoms with Crippen LogP contribution in [0.5, 0.6) is 0 Å². The van der Waals surface area contributed by atoms with E-state index in [1.165, 1.54) is 6.92 Å². The van der Waals surface area contributed by atoms with Crippen molar-refractivity contribution in [2.24, 2.45) is 5.92 Å². The average Bonchev–Trinajstić information content (AvgIpc) is 2.90. The number of rotatable bonds is 14. The van der Waals surface area contributed by atoms with Crippen molar-refractivity contribution in [1.29, 1.82) is 0 Å². The Bertz CT molecular complexity index is 483. The molecule has 0 fully saturated rings. The molecule has 156 valence electrons. The van der Waals surface area contributed by atoms with Crippen LogP contribution in [0.3, 0.4) is 0 Å². The van der Waals surface area contributed by atoms with Gasteiger partial charge in [0.05, 0.1) is 12.2 Å². The van der Waals surface area contributed by atoms with Crippen molar-refractivity contribution in [2.45, 2.75) is 96.7 Å². The van der Waals surface area contributed by atoms with Gasteiger partial charge in [-0.3, -0.25) is 4.79 Å². The van der Waals surface area contributed by atoms with Gasteiger partial charge in [0.1, 0.15) is 5.76 Å². The lowest BCUT2D eigenvalue weighted by molar-refractivity contribution is -0.137. The maximum atomic E-state index is 11.4. The van der Waals surface area contributed by atoms with Crippen molar-refractivity contribution in [3.05, 3.63) is 23.5 Å². The fourth-order valence-corrected chi connectivity index (χ4v) is 3.60. The largest absolute Gasteiger partial charge is 0.431 e. The monoisotopic (exact) mass is 382 g/mol. The number of unbranched alkanes of at least 4 members (excludes halogenated alkanes) is 6. The van der Waals surface area contributed by atoms with E-state index in [0.29, 0.717) is 12.2 Å². The normalized spacial score (nSPS) is 21.2. The van der Waals surface area contributed by atoms with Gasteiger partial charge < -0.3 is 20.1 Å². The molecule has 27 heavy (non-hydrogen) atoms. The second kappa shape index (κ2) is 13.9. The predicted octanol–water partition coefficient (Wildman–Crippen LogP) is 4.01. The Morgan fingerprint density at radius 3 is 2.56 bits per heavy atom. The third-order valence-corrected chi connectivity index (χ3v) is 5.08. The molecule has 0 heterocycles. The van der Waals surface area contributed by atoms with Crippen LogP contribution in [0.15, 0.2) is 23.5 Å². The van der Waals surface area contributed by atoms with Crippen LogP contribution in [0.25, 0.3) is 0 Å². The van der Waals surface area contributed by atoms with Crippen LogP contribution >= 0.6 is 0 Å². The Labute approximate surface area is 164 Å². The molecule has 5 nitrogen and oxygen atoms in total. The first-order valence-electron chi connectivity index (χ1n) is 10.5. The molecule has 0 spiro atoms. The minimum absolute atomic E-state index is 0.197. The zero-order valence-electron chi connectivity index (χ0n) is 17.0. The first-order chi connectivity index (χ1) is 13.0. The summed E-state index contributed by atoms with van der Waals surface area (Å²) in [5.41, 5.74) is 0.983. The lowest BCUT2D eigenvalue weighted by Gasteiger charge is -2.16. The molecule has 0 saturated carbocycles. The Kier molecular flexibility index (Phi) is 12.3. The molecule has 0 amide bonds. The highest BCUT2D eigenvalue weighted by Crippen LogP contribution is 2.37. The van der Waals surface area contributed by atoms with Crippen molar-refractivity contribution in [3.8, 4) is 0 Å². The second-order valence-corrected chi connectivity index (χ2v) is 7.53. The Morgan fingerprint density at radius 1 is 1.19 bits per heavy atom. The highest BCUT2D eigenvalue weighted by Gasteiger charge is 2.33. The van der Waals surface area contributed by atoms with E-state index in [9.17, 15) is 15.0 Å². The van der Waals surface area contributed by atoms with E-state index in [-0.39, 0.29) is 18.5 Å². The summed E-state index contributed by atoms with van der Waals surface area (Å²) in [5.74, 6) is 0.0416. The van der Waals surface area contributed by atoms with Gasteiger partial charge in [0.2, 0.25) is 0 Å². The maximum absolute atomic E-state index is 11.4. The van der Waals surface area contributed by atoms with E-state index in [0.717, 1.165) is 69.8 Å². The summed E-state index contributed by atoms with van der Waals surface area (Å²) in [5, 5.41) is 29.4. The van der Waals surface area contributed by atoms with Crippen molar-refractivity contribution in [2.75, 3.05) is 6.61 Å². The summed E-state index contributed by atoms with van der Waals surface area (Å²) in [7, 11) is 0.